The summed E-state index contributed by atoms with van der Waals surface area (Å²) in [5, 5.41) is 0. The highest BCUT2D eigenvalue weighted by Gasteiger charge is 2.06. The molecule has 2 rings (SSSR count). The van der Waals surface area contributed by atoms with Crippen LogP contribution in [0.25, 0.3) is 12.2 Å². The molecule has 0 saturated carbocycles. The number of hydrogen-bond acceptors (Lipinski definition) is 1. The monoisotopic (exact) mass is 340 g/mol. The summed E-state index contributed by atoms with van der Waals surface area (Å²) in [6.45, 7) is 3.15. The Morgan fingerprint density at radius 3 is 2.04 bits per heavy atom. The van der Waals surface area contributed by atoms with Crippen molar-refractivity contribution in [1.82, 2.24) is 0 Å². The van der Waals surface area contributed by atoms with Gasteiger partial charge in [0.2, 0.25) is 0 Å². The second-order valence-electron chi connectivity index (χ2n) is 5.03. The van der Waals surface area contributed by atoms with Crippen molar-refractivity contribution in [2.24, 2.45) is 0 Å². The van der Waals surface area contributed by atoms with Gasteiger partial charge in [0.05, 0.1) is 0 Å². The first-order chi connectivity index (χ1) is 10.9. The maximum Gasteiger partial charge on any atom is 0.762 e. The van der Waals surface area contributed by atoms with Crippen LogP contribution in [0.3, 0.4) is 0 Å². The van der Waals surface area contributed by atoms with Crippen molar-refractivity contribution in [2.75, 3.05) is 19.0 Å². The van der Waals surface area contributed by atoms with Gasteiger partial charge in [-0.05, 0) is 36.8 Å². The van der Waals surface area contributed by atoms with Gasteiger partial charge in [-0.1, -0.05) is 18.2 Å². The standard InChI is InChI=1S/C17H21N2.BF3.FH/c1-4-19-13-5-6-16(14-19)8-7-15-9-11-17(12-10-15)18(2)3;2-1(3)4;/h5-14H,4H2,1-3H3;;1H/q+1;;/p-1. The number of benzene rings is 1. The van der Waals surface area contributed by atoms with Crippen LogP contribution in [-0.2, 0) is 6.54 Å². The highest BCUT2D eigenvalue weighted by molar-refractivity contribution is 6.33. The summed E-state index contributed by atoms with van der Waals surface area (Å²) >= 11 is 0. The van der Waals surface area contributed by atoms with Gasteiger partial charge in [0.15, 0.2) is 12.4 Å². The Morgan fingerprint density at radius 1 is 1.00 bits per heavy atom. The molecule has 24 heavy (non-hydrogen) atoms. The molecular weight excluding hydrogens is 319 g/mol. The summed E-state index contributed by atoms with van der Waals surface area (Å²) in [4.78, 5) is 2.11. The van der Waals surface area contributed by atoms with Crippen LogP contribution in [0.2, 0.25) is 0 Å². The second-order valence-corrected chi connectivity index (χ2v) is 5.03. The predicted octanol–water partition coefficient (Wildman–Crippen LogP) is 1.11. The number of aryl methyl sites for hydroxylation is 1. The van der Waals surface area contributed by atoms with Crippen LogP contribution in [0.4, 0.5) is 18.6 Å². The maximum atomic E-state index is 9.67. The third-order valence-corrected chi connectivity index (χ3v) is 3.12. The smallest absolute Gasteiger partial charge is 0.762 e. The van der Waals surface area contributed by atoms with Crippen molar-refractivity contribution in [3.8, 4) is 0 Å². The topological polar surface area (TPSA) is 7.12 Å². The lowest BCUT2D eigenvalue weighted by atomic mass is 10.1. The molecule has 0 bridgehead atoms. The Morgan fingerprint density at radius 2 is 1.54 bits per heavy atom. The van der Waals surface area contributed by atoms with E-state index in [1.54, 1.807) is 0 Å². The first-order valence-electron chi connectivity index (χ1n) is 7.29. The van der Waals surface area contributed by atoms with E-state index in [-0.39, 0.29) is 4.70 Å². The minimum absolute atomic E-state index is 0. The number of halogens is 4. The number of rotatable bonds is 4. The highest BCUT2D eigenvalue weighted by Crippen LogP contribution is 2.14. The molecule has 7 heteroatoms. The number of aromatic nitrogens is 1. The third kappa shape index (κ3) is 8.36. The van der Waals surface area contributed by atoms with E-state index < -0.39 is 7.54 Å². The summed E-state index contributed by atoms with van der Waals surface area (Å²) < 4.78 is 31.2. The molecule has 0 aliphatic heterocycles. The quantitative estimate of drug-likeness (QED) is 0.460. The largest absolute Gasteiger partial charge is 1.00 e. The summed E-state index contributed by atoms with van der Waals surface area (Å²) in [6, 6.07) is 12.8. The molecule has 0 aliphatic carbocycles. The number of nitrogens with zero attached hydrogens (tertiary/aromatic N) is 2. The molecule has 0 unspecified atom stereocenters. The molecule has 0 amide bonds. The van der Waals surface area contributed by atoms with Crippen molar-refractivity contribution in [1.29, 1.82) is 0 Å². The van der Waals surface area contributed by atoms with Gasteiger partial charge in [0, 0.05) is 31.4 Å². The van der Waals surface area contributed by atoms with Gasteiger partial charge < -0.3 is 9.60 Å². The van der Waals surface area contributed by atoms with E-state index in [9.17, 15) is 12.9 Å². The van der Waals surface area contributed by atoms with Crippen molar-refractivity contribution in [3.05, 3.63) is 59.9 Å². The maximum absolute atomic E-state index is 9.67. The second kappa shape index (κ2) is 11.3. The van der Waals surface area contributed by atoms with Crippen molar-refractivity contribution in [2.45, 2.75) is 13.5 Å². The van der Waals surface area contributed by atoms with Gasteiger partial charge >= 0.3 is 7.54 Å². The van der Waals surface area contributed by atoms with Crippen molar-refractivity contribution >= 4 is 25.4 Å². The molecule has 0 fully saturated rings. The van der Waals surface area contributed by atoms with Crippen LogP contribution in [0.15, 0.2) is 48.8 Å². The fourth-order valence-electron chi connectivity index (χ4n) is 1.91. The molecule has 0 aliphatic rings. The normalized spacial score (nSPS) is 9.75. The third-order valence-electron chi connectivity index (χ3n) is 3.12. The van der Waals surface area contributed by atoms with Crippen LogP contribution in [-0.4, -0.2) is 21.6 Å². The van der Waals surface area contributed by atoms with E-state index in [0.717, 1.165) is 6.54 Å². The highest BCUT2D eigenvalue weighted by atomic mass is 19.4. The molecule has 1 aromatic carbocycles. The van der Waals surface area contributed by atoms with Crippen molar-refractivity contribution < 1.29 is 22.2 Å². The summed E-state index contributed by atoms with van der Waals surface area (Å²) in [6.07, 6.45) is 8.54. The minimum atomic E-state index is -3.67. The van der Waals surface area contributed by atoms with Crippen LogP contribution in [0.1, 0.15) is 18.1 Å². The summed E-state index contributed by atoms with van der Waals surface area (Å²) in [5.41, 5.74) is 3.67. The Bertz CT molecular complexity index is 613. The van der Waals surface area contributed by atoms with E-state index in [2.05, 4.69) is 91.4 Å². The summed E-state index contributed by atoms with van der Waals surface area (Å²) in [5.74, 6) is 0. The fourth-order valence-corrected chi connectivity index (χ4v) is 1.91. The number of anilines is 1. The van der Waals surface area contributed by atoms with Gasteiger partial charge in [-0.15, -0.1) is 0 Å². The van der Waals surface area contributed by atoms with Crippen LogP contribution >= 0.6 is 0 Å². The van der Waals surface area contributed by atoms with E-state index in [4.69, 9.17) is 0 Å². The Labute approximate surface area is 140 Å². The number of pyridine rings is 1. The SMILES string of the molecule is CC[n+]1cccc(C=Cc2ccc(N(C)C)cc2)c1.FB(F)F.[F-]. The molecule has 0 atom stereocenters. The zero-order chi connectivity index (χ0) is 17.2. The van der Waals surface area contributed by atoms with E-state index >= 15 is 0 Å². The van der Waals surface area contributed by atoms with Gasteiger partial charge in [-0.2, -0.15) is 0 Å². The lowest BCUT2D eigenvalue weighted by Crippen LogP contribution is -3.00. The average Bonchev–Trinajstić information content (AvgIpc) is 2.53. The lowest BCUT2D eigenvalue weighted by Gasteiger charge is -2.11. The molecule has 0 radical (unpaired) electrons. The van der Waals surface area contributed by atoms with Crippen LogP contribution in [0.5, 0.6) is 0 Å². The predicted molar refractivity (Wildman–Crippen MR) is 91.1 cm³/mol. The molecule has 2 nitrogen and oxygen atoms in total. The average molecular weight is 340 g/mol. The molecule has 2 aromatic rings. The Hall–Kier alpha value is -2.31. The fraction of sp³-hybridized carbons (Fsp3) is 0.235. The van der Waals surface area contributed by atoms with Gasteiger partial charge in [0.25, 0.3) is 0 Å². The molecule has 1 aromatic heterocycles. The Kier molecular flexibility index (Phi) is 10.2. The van der Waals surface area contributed by atoms with E-state index in [1.807, 2.05) is 0 Å². The molecule has 0 N–H and O–H groups in total. The molecule has 0 saturated heterocycles. The Balaban J connectivity index is 0.000000954. The molecule has 0 spiro atoms. The molecule has 130 valence electrons. The van der Waals surface area contributed by atoms with Gasteiger partial charge in [-0.3, -0.25) is 12.9 Å². The van der Waals surface area contributed by atoms with Gasteiger partial charge in [-0.25, -0.2) is 4.57 Å². The van der Waals surface area contributed by atoms with Crippen molar-refractivity contribution in [3.63, 3.8) is 0 Å². The van der Waals surface area contributed by atoms with E-state index in [0.29, 0.717) is 0 Å². The minimum Gasteiger partial charge on any atom is -1.00 e. The van der Waals surface area contributed by atoms with Crippen LogP contribution < -0.4 is 14.2 Å². The van der Waals surface area contributed by atoms with E-state index in [1.165, 1.54) is 16.8 Å². The first-order valence-corrected chi connectivity index (χ1v) is 7.29. The zero-order valence-electron chi connectivity index (χ0n) is 14.0. The number of hydrogen-bond donors (Lipinski definition) is 0. The molecular formula is C17H21BF4N2. The zero-order valence-corrected chi connectivity index (χ0v) is 14.0. The lowest BCUT2D eigenvalue weighted by molar-refractivity contribution is -0.693. The van der Waals surface area contributed by atoms with Gasteiger partial charge in [0.1, 0.15) is 6.54 Å². The first kappa shape index (κ1) is 21.7. The summed E-state index contributed by atoms with van der Waals surface area (Å²) in [7, 11) is 0.441. The molecule has 1 heterocycles. The van der Waals surface area contributed by atoms with Crippen LogP contribution in [0, 0.1) is 0 Å².